The highest BCUT2D eigenvalue weighted by atomic mass is 32.1. The topological polar surface area (TPSA) is 84.1 Å². The smallest absolute Gasteiger partial charge is 0.227 e. The van der Waals surface area contributed by atoms with Gasteiger partial charge in [-0.15, -0.1) is 10.2 Å². The molecule has 1 aliphatic rings. The van der Waals surface area contributed by atoms with Crippen molar-refractivity contribution in [2.24, 2.45) is 5.41 Å². The van der Waals surface area contributed by atoms with Crippen molar-refractivity contribution in [2.75, 3.05) is 31.9 Å². The first-order valence-electron chi connectivity index (χ1n) is 7.12. The van der Waals surface area contributed by atoms with Gasteiger partial charge in [-0.05, 0) is 32.9 Å². The SMILES string of the molecule is CCN1CCC[C@](C)(C(=O)NCCc2nnc(N)s2)C1. The van der Waals surface area contributed by atoms with E-state index in [2.05, 4.69) is 34.3 Å². The first-order chi connectivity index (χ1) is 9.53. The van der Waals surface area contributed by atoms with Gasteiger partial charge in [-0.1, -0.05) is 18.3 Å². The van der Waals surface area contributed by atoms with Gasteiger partial charge < -0.3 is 16.0 Å². The maximum absolute atomic E-state index is 12.4. The first-order valence-corrected chi connectivity index (χ1v) is 7.93. The summed E-state index contributed by atoms with van der Waals surface area (Å²) in [5, 5.41) is 12.1. The Morgan fingerprint density at radius 1 is 1.55 bits per heavy atom. The Bertz CT molecular complexity index is 463. The molecule has 0 unspecified atom stereocenters. The molecule has 1 atom stereocenters. The molecule has 2 heterocycles. The largest absolute Gasteiger partial charge is 0.374 e. The number of nitrogens with one attached hydrogen (secondary N) is 1. The van der Waals surface area contributed by atoms with E-state index >= 15 is 0 Å². The molecule has 3 N–H and O–H groups in total. The Morgan fingerprint density at radius 3 is 3.00 bits per heavy atom. The minimum absolute atomic E-state index is 0.146. The van der Waals surface area contributed by atoms with Gasteiger partial charge in [-0.25, -0.2) is 0 Å². The zero-order valence-electron chi connectivity index (χ0n) is 12.2. The Kier molecular flexibility index (Phi) is 4.93. The number of aromatic nitrogens is 2. The van der Waals surface area contributed by atoms with Crippen LogP contribution in [-0.4, -0.2) is 47.2 Å². The first kappa shape index (κ1) is 15.2. The fourth-order valence-corrected chi connectivity index (χ4v) is 3.27. The summed E-state index contributed by atoms with van der Waals surface area (Å²) in [5.74, 6) is 0.146. The number of nitrogen functional groups attached to an aromatic ring is 1. The molecule has 2 rings (SSSR count). The number of carbonyl (C=O) groups is 1. The quantitative estimate of drug-likeness (QED) is 0.843. The van der Waals surface area contributed by atoms with E-state index in [0.717, 1.165) is 37.5 Å². The lowest BCUT2D eigenvalue weighted by atomic mass is 9.81. The normalized spacial score (nSPS) is 23.7. The summed E-state index contributed by atoms with van der Waals surface area (Å²) >= 11 is 1.37. The van der Waals surface area contributed by atoms with Crippen LogP contribution in [0.4, 0.5) is 5.13 Å². The van der Waals surface area contributed by atoms with Gasteiger partial charge in [0.05, 0.1) is 5.41 Å². The third kappa shape index (κ3) is 3.67. The zero-order chi connectivity index (χ0) is 14.6. The molecule has 0 bridgehead atoms. The van der Waals surface area contributed by atoms with Gasteiger partial charge >= 0.3 is 0 Å². The number of hydrogen-bond acceptors (Lipinski definition) is 6. The Hall–Kier alpha value is -1.21. The van der Waals surface area contributed by atoms with Gasteiger partial charge in [0.15, 0.2) is 0 Å². The molecule has 1 amide bonds. The number of anilines is 1. The number of nitrogens with two attached hydrogens (primary N) is 1. The number of likely N-dealkylation sites (tertiary alicyclic amines) is 1. The van der Waals surface area contributed by atoms with Gasteiger partial charge in [-0.3, -0.25) is 4.79 Å². The highest BCUT2D eigenvalue weighted by Crippen LogP contribution is 2.29. The molecule has 1 fully saturated rings. The standard InChI is InChI=1S/C13H23N5OS/c1-3-18-8-4-6-13(2,9-18)11(19)15-7-5-10-16-17-12(14)20-10/h3-9H2,1-2H3,(H2,14,17)(H,15,19)/t13-/m0/s1. The summed E-state index contributed by atoms with van der Waals surface area (Å²) < 4.78 is 0. The summed E-state index contributed by atoms with van der Waals surface area (Å²) in [4.78, 5) is 14.7. The van der Waals surface area contributed by atoms with E-state index in [9.17, 15) is 4.79 Å². The second kappa shape index (κ2) is 6.49. The third-order valence-electron chi connectivity index (χ3n) is 3.88. The van der Waals surface area contributed by atoms with Gasteiger partial charge in [0.25, 0.3) is 0 Å². The number of hydrogen-bond donors (Lipinski definition) is 2. The molecular formula is C13H23N5OS. The lowest BCUT2D eigenvalue weighted by Crippen LogP contribution is -2.50. The molecule has 0 aliphatic carbocycles. The van der Waals surface area contributed by atoms with Crippen molar-refractivity contribution in [3.05, 3.63) is 5.01 Å². The van der Waals surface area contributed by atoms with Gasteiger partial charge in [-0.2, -0.15) is 0 Å². The predicted molar refractivity (Wildman–Crippen MR) is 80.5 cm³/mol. The summed E-state index contributed by atoms with van der Waals surface area (Å²) in [6, 6.07) is 0. The molecule has 1 aromatic rings. The molecule has 0 radical (unpaired) electrons. The highest BCUT2D eigenvalue weighted by Gasteiger charge is 2.36. The van der Waals surface area contributed by atoms with Crippen LogP contribution < -0.4 is 11.1 Å². The van der Waals surface area contributed by atoms with Crippen LogP contribution in [0.1, 0.15) is 31.7 Å². The molecule has 7 heteroatoms. The molecule has 20 heavy (non-hydrogen) atoms. The van der Waals surface area contributed by atoms with Gasteiger partial charge in [0.1, 0.15) is 5.01 Å². The van der Waals surface area contributed by atoms with E-state index in [1.165, 1.54) is 11.3 Å². The van der Waals surface area contributed by atoms with Crippen LogP contribution in [0.3, 0.4) is 0 Å². The van der Waals surface area contributed by atoms with Crippen LogP contribution >= 0.6 is 11.3 Å². The third-order valence-corrected chi connectivity index (χ3v) is 4.69. The minimum atomic E-state index is -0.269. The van der Waals surface area contributed by atoms with E-state index in [4.69, 9.17) is 5.73 Å². The Balaban J connectivity index is 1.81. The summed E-state index contributed by atoms with van der Waals surface area (Å²) in [6.07, 6.45) is 2.74. The number of nitrogens with zero attached hydrogens (tertiary/aromatic N) is 3. The van der Waals surface area contributed by atoms with Crippen LogP contribution in [-0.2, 0) is 11.2 Å². The second-order valence-corrected chi connectivity index (χ2v) is 6.67. The highest BCUT2D eigenvalue weighted by molar-refractivity contribution is 7.15. The van der Waals surface area contributed by atoms with E-state index in [-0.39, 0.29) is 11.3 Å². The maximum Gasteiger partial charge on any atom is 0.227 e. The van der Waals surface area contributed by atoms with Gasteiger partial charge in [0, 0.05) is 19.5 Å². The van der Waals surface area contributed by atoms with Crippen molar-refractivity contribution < 1.29 is 4.79 Å². The number of carbonyl (C=O) groups excluding carboxylic acids is 1. The minimum Gasteiger partial charge on any atom is -0.374 e. The van der Waals surface area contributed by atoms with E-state index in [0.29, 0.717) is 18.1 Å². The molecule has 1 aromatic heterocycles. The zero-order valence-corrected chi connectivity index (χ0v) is 13.0. The van der Waals surface area contributed by atoms with Crippen molar-refractivity contribution in [3.8, 4) is 0 Å². The van der Waals surface area contributed by atoms with Crippen molar-refractivity contribution in [1.82, 2.24) is 20.4 Å². The van der Waals surface area contributed by atoms with E-state index in [1.807, 2.05) is 0 Å². The van der Waals surface area contributed by atoms with Crippen LogP contribution in [0.15, 0.2) is 0 Å². The van der Waals surface area contributed by atoms with Crippen molar-refractivity contribution in [3.63, 3.8) is 0 Å². The van der Waals surface area contributed by atoms with Crippen LogP contribution in [0.5, 0.6) is 0 Å². The molecule has 6 nitrogen and oxygen atoms in total. The fraction of sp³-hybridized carbons (Fsp3) is 0.769. The lowest BCUT2D eigenvalue weighted by Gasteiger charge is -2.38. The molecule has 0 saturated carbocycles. The fourth-order valence-electron chi connectivity index (χ4n) is 2.66. The van der Waals surface area contributed by atoms with Crippen molar-refractivity contribution in [2.45, 2.75) is 33.1 Å². The average Bonchev–Trinajstić information content (AvgIpc) is 2.84. The van der Waals surface area contributed by atoms with E-state index in [1.54, 1.807) is 0 Å². The van der Waals surface area contributed by atoms with E-state index < -0.39 is 0 Å². The molecule has 1 aliphatic heterocycles. The monoisotopic (exact) mass is 297 g/mol. The second-order valence-electron chi connectivity index (χ2n) is 5.57. The summed E-state index contributed by atoms with van der Waals surface area (Å²) in [6.45, 7) is 7.75. The summed E-state index contributed by atoms with van der Waals surface area (Å²) in [5.41, 5.74) is 5.26. The van der Waals surface area contributed by atoms with Crippen LogP contribution in [0.25, 0.3) is 0 Å². The molecule has 1 saturated heterocycles. The van der Waals surface area contributed by atoms with Crippen molar-refractivity contribution in [1.29, 1.82) is 0 Å². The molecule has 112 valence electrons. The lowest BCUT2D eigenvalue weighted by molar-refractivity contribution is -0.133. The predicted octanol–water partition coefficient (Wildman–Crippen LogP) is 0.901. The van der Waals surface area contributed by atoms with Crippen molar-refractivity contribution >= 4 is 22.4 Å². The number of piperidine rings is 1. The Labute approximate surface area is 123 Å². The van der Waals surface area contributed by atoms with Crippen LogP contribution in [0, 0.1) is 5.41 Å². The Morgan fingerprint density at radius 2 is 2.35 bits per heavy atom. The van der Waals surface area contributed by atoms with Gasteiger partial charge in [0.2, 0.25) is 11.0 Å². The molecular weight excluding hydrogens is 274 g/mol. The van der Waals surface area contributed by atoms with Crippen LogP contribution in [0.2, 0.25) is 0 Å². The summed E-state index contributed by atoms with van der Waals surface area (Å²) in [7, 11) is 0. The molecule has 0 aromatic carbocycles. The number of amides is 1. The number of rotatable bonds is 5. The molecule has 0 spiro atoms. The average molecular weight is 297 g/mol. The maximum atomic E-state index is 12.4.